The average molecular weight is 355 g/mol. The van der Waals surface area contributed by atoms with Gasteiger partial charge in [-0.05, 0) is 25.1 Å². The van der Waals surface area contributed by atoms with Crippen LogP contribution in [0.4, 0.5) is 5.69 Å². The second-order valence-electron chi connectivity index (χ2n) is 4.56. The van der Waals surface area contributed by atoms with Crippen LogP contribution in [0.1, 0.15) is 18.5 Å². The molecule has 2 heterocycles. The van der Waals surface area contributed by atoms with E-state index in [1.54, 1.807) is 11.3 Å². The third-order valence-electron chi connectivity index (χ3n) is 3.07. The molecule has 1 aromatic carbocycles. The fourth-order valence-corrected chi connectivity index (χ4v) is 4.37. The molecule has 2 aromatic heterocycles. The lowest BCUT2D eigenvalue weighted by molar-refractivity contribution is 0.891. The number of hydrogen-bond donors (Lipinski definition) is 1. The highest BCUT2D eigenvalue weighted by molar-refractivity contribution is 7.20. The van der Waals surface area contributed by atoms with Crippen LogP contribution in [0.2, 0.25) is 8.67 Å². The molecule has 0 amide bonds. The summed E-state index contributed by atoms with van der Waals surface area (Å²) < 4.78 is 1.44. The van der Waals surface area contributed by atoms with Crippen LogP contribution in [0.15, 0.2) is 41.9 Å². The summed E-state index contributed by atoms with van der Waals surface area (Å²) >= 11 is 15.2. The SMILES string of the molecule is CC(Nc1cccc(-c2nccs2)c1)c1cc(Cl)sc1Cl. The van der Waals surface area contributed by atoms with Crippen molar-refractivity contribution in [3.63, 3.8) is 0 Å². The van der Waals surface area contributed by atoms with Crippen molar-refractivity contribution in [1.29, 1.82) is 0 Å². The summed E-state index contributed by atoms with van der Waals surface area (Å²) in [6.45, 7) is 2.07. The van der Waals surface area contributed by atoms with E-state index < -0.39 is 0 Å². The first kappa shape index (κ1) is 14.9. The summed E-state index contributed by atoms with van der Waals surface area (Å²) in [7, 11) is 0. The molecule has 3 aromatic rings. The maximum absolute atomic E-state index is 6.20. The number of nitrogens with one attached hydrogen (secondary N) is 1. The van der Waals surface area contributed by atoms with Crippen molar-refractivity contribution in [2.45, 2.75) is 13.0 Å². The molecule has 0 aliphatic rings. The van der Waals surface area contributed by atoms with E-state index in [-0.39, 0.29) is 6.04 Å². The minimum atomic E-state index is 0.0906. The molecular formula is C15H12Cl2N2S2. The zero-order valence-electron chi connectivity index (χ0n) is 11.1. The number of hydrogen-bond acceptors (Lipinski definition) is 4. The van der Waals surface area contributed by atoms with E-state index >= 15 is 0 Å². The van der Waals surface area contributed by atoms with Crippen LogP contribution in [-0.2, 0) is 0 Å². The van der Waals surface area contributed by atoms with Gasteiger partial charge in [-0.15, -0.1) is 22.7 Å². The Labute approximate surface area is 141 Å². The summed E-state index contributed by atoms with van der Waals surface area (Å²) in [6, 6.07) is 10.2. The Morgan fingerprint density at radius 3 is 2.76 bits per heavy atom. The van der Waals surface area contributed by atoms with Gasteiger partial charge in [0.2, 0.25) is 0 Å². The van der Waals surface area contributed by atoms with Crippen LogP contribution >= 0.6 is 45.9 Å². The fraction of sp³-hybridized carbons (Fsp3) is 0.133. The molecule has 21 heavy (non-hydrogen) atoms. The van der Waals surface area contributed by atoms with Gasteiger partial charge in [-0.1, -0.05) is 35.3 Å². The van der Waals surface area contributed by atoms with Crippen molar-refractivity contribution in [2.75, 3.05) is 5.32 Å². The summed E-state index contributed by atoms with van der Waals surface area (Å²) in [5.41, 5.74) is 3.16. The summed E-state index contributed by atoms with van der Waals surface area (Å²) in [6.07, 6.45) is 1.82. The Morgan fingerprint density at radius 2 is 2.10 bits per heavy atom. The largest absolute Gasteiger partial charge is 0.378 e. The fourth-order valence-electron chi connectivity index (χ4n) is 2.08. The van der Waals surface area contributed by atoms with Crippen molar-refractivity contribution < 1.29 is 0 Å². The smallest absolute Gasteiger partial charge is 0.123 e. The number of thiazole rings is 1. The third kappa shape index (κ3) is 3.40. The number of anilines is 1. The molecule has 108 valence electrons. The van der Waals surface area contributed by atoms with Gasteiger partial charge in [0.25, 0.3) is 0 Å². The molecule has 0 saturated carbocycles. The quantitative estimate of drug-likeness (QED) is 0.590. The van der Waals surface area contributed by atoms with Gasteiger partial charge < -0.3 is 5.32 Å². The lowest BCUT2D eigenvalue weighted by Crippen LogP contribution is -2.05. The predicted octanol–water partition coefficient (Wildman–Crippen LogP) is 6.35. The predicted molar refractivity (Wildman–Crippen MR) is 93.9 cm³/mol. The van der Waals surface area contributed by atoms with E-state index in [2.05, 4.69) is 29.4 Å². The van der Waals surface area contributed by atoms with Crippen LogP contribution < -0.4 is 5.32 Å². The van der Waals surface area contributed by atoms with E-state index in [4.69, 9.17) is 23.2 Å². The standard InChI is InChI=1S/C15H12Cl2N2S2/c1-9(12-8-13(16)21-14(12)17)19-11-4-2-3-10(7-11)15-18-5-6-20-15/h2-9,19H,1H3. The van der Waals surface area contributed by atoms with Crippen LogP contribution in [-0.4, -0.2) is 4.98 Å². The monoisotopic (exact) mass is 354 g/mol. The van der Waals surface area contributed by atoms with Gasteiger partial charge in [0.15, 0.2) is 0 Å². The van der Waals surface area contributed by atoms with Gasteiger partial charge in [-0.2, -0.15) is 0 Å². The number of halogens is 2. The average Bonchev–Trinajstić information content (AvgIpc) is 3.08. The Balaban J connectivity index is 1.82. The molecule has 6 heteroatoms. The zero-order valence-corrected chi connectivity index (χ0v) is 14.3. The minimum absolute atomic E-state index is 0.0906. The van der Waals surface area contributed by atoms with Crippen molar-refractivity contribution in [2.24, 2.45) is 0 Å². The van der Waals surface area contributed by atoms with E-state index in [9.17, 15) is 0 Å². The maximum Gasteiger partial charge on any atom is 0.123 e. The number of aromatic nitrogens is 1. The highest BCUT2D eigenvalue weighted by atomic mass is 35.5. The van der Waals surface area contributed by atoms with Crippen molar-refractivity contribution >= 4 is 51.6 Å². The molecule has 0 fully saturated rings. The van der Waals surface area contributed by atoms with Crippen molar-refractivity contribution in [3.05, 3.63) is 56.1 Å². The Kier molecular flexibility index (Phi) is 4.50. The first-order valence-electron chi connectivity index (χ1n) is 6.34. The normalized spacial score (nSPS) is 12.3. The maximum atomic E-state index is 6.20. The molecule has 0 aliphatic carbocycles. The Bertz CT molecular complexity index is 738. The van der Waals surface area contributed by atoms with Gasteiger partial charge in [0.05, 0.1) is 14.7 Å². The van der Waals surface area contributed by atoms with E-state index in [1.807, 2.05) is 29.8 Å². The van der Waals surface area contributed by atoms with Crippen molar-refractivity contribution in [3.8, 4) is 10.6 Å². The first-order chi connectivity index (χ1) is 10.1. The van der Waals surface area contributed by atoms with Gasteiger partial charge in [-0.25, -0.2) is 4.98 Å². The van der Waals surface area contributed by atoms with Gasteiger partial charge in [-0.3, -0.25) is 0 Å². The second-order valence-corrected chi connectivity index (χ2v) is 7.74. The second kappa shape index (κ2) is 6.36. The Morgan fingerprint density at radius 1 is 1.24 bits per heavy atom. The number of rotatable bonds is 4. The van der Waals surface area contributed by atoms with Crippen molar-refractivity contribution in [1.82, 2.24) is 4.98 Å². The van der Waals surface area contributed by atoms with E-state index in [0.29, 0.717) is 4.34 Å². The molecule has 0 spiro atoms. The van der Waals surface area contributed by atoms with Crippen LogP contribution in [0.3, 0.4) is 0 Å². The zero-order chi connectivity index (χ0) is 14.8. The first-order valence-corrected chi connectivity index (χ1v) is 8.80. The van der Waals surface area contributed by atoms with Crippen LogP contribution in [0, 0.1) is 0 Å². The number of nitrogens with zero attached hydrogens (tertiary/aromatic N) is 1. The van der Waals surface area contributed by atoms with Gasteiger partial charge >= 0.3 is 0 Å². The van der Waals surface area contributed by atoms with Crippen LogP contribution in [0.25, 0.3) is 10.6 Å². The summed E-state index contributed by atoms with van der Waals surface area (Å²) in [5.74, 6) is 0. The molecule has 1 N–H and O–H groups in total. The molecule has 1 atom stereocenters. The Hall–Kier alpha value is -1.07. The lowest BCUT2D eigenvalue weighted by Gasteiger charge is -2.15. The molecular weight excluding hydrogens is 343 g/mol. The molecule has 0 bridgehead atoms. The van der Waals surface area contributed by atoms with E-state index in [1.165, 1.54) is 11.3 Å². The molecule has 2 nitrogen and oxygen atoms in total. The molecule has 0 saturated heterocycles. The topological polar surface area (TPSA) is 24.9 Å². The van der Waals surface area contributed by atoms with E-state index in [0.717, 1.165) is 26.2 Å². The van der Waals surface area contributed by atoms with Gasteiger partial charge in [0.1, 0.15) is 5.01 Å². The molecule has 0 aliphatic heterocycles. The highest BCUT2D eigenvalue weighted by Gasteiger charge is 2.13. The molecule has 0 radical (unpaired) electrons. The lowest BCUT2D eigenvalue weighted by atomic mass is 10.1. The minimum Gasteiger partial charge on any atom is -0.378 e. The summed E-state index contributed by atoms with van der Waals surface area (Å²) in [4.78, 5) is 4.34. The molecule has 3 rings (SSSR count). The molecule has 1 unspecified atom stereocenters. The third-order valence-corrected chi connectivity index (χ3v) is 5.41. The highest BCUT2D eigenvalue weighted by Crippen LogP contribution is 2.36. The van der Waals surface area contributed by atoms with Crippen LogP contribution in [0.5, 0.6) is 0 Å². The number of benzene rings is 1. The number of thiophene rings is 1. The summed E-state index contributed by atoms with van der Waals surface area (Å²) in [5, 5.41) is 6.45. The van der Waals surface area contributed by atoms with Gasteiger partial charge in [0, 0.05) is 28.4 Å².